The maximum Gasteiger partial charge on any atom is 0.178 e. The quantitative estimate of drug-likeness (QED) is 0.786. The minimum atomic E-state index is 0.0280. The molecule has 19 heavy (non-hydrogen) atoms. The van der Waals surface area contributed by atoms with E-state index in [9.17, 15) is 4.79 Å². The highest BCUT2D eigenvalue weighted by molar-refractivity contribution is 7.13. The standard InChI is InChI=1S/C15H16N2OS/c1-10(18)13-9-19-15(16-13)12-5-6-14-11(8-12)4-3-7-17(14)2/h5-6,8-9H,3-4,7H2,1-2H3. The van der Waals surface area contributed by atoms with Crippen LogP contribution in [0.4, 0.5) is 5.69 Å². The van der Waals surface area contributed by atoms with Gasteiger partial charge in [-0.2, -0.15) is 0 Å². The second-order valence-electron chi connectivity index (χ2n) is 4.96. The molecule has 3 nitrogen and oxygen atoms in total. The van der Waals surface area contributed by atoms with E-state index in [2.05, 4.69) is 35.1 Å². The molecule has 1 aromatic heterocycles. The number of carbonyl (C=O) groups is 1. The number of carbonyl (C=O) groups excluding carboxylic acids is 1. The van der Waals surface area contributed by atoms with Gasteiger partial charge in [0, 0.05) is 37.1 Å². The van der Waals surface area contributed by atoms with Crippen molar-refractivity contribution in [3.63, 3.8) is 0 Å². The van der Waals surface area contributed by atoms with Crippen LogP contribution in [0.5, 0.6) is 0 Å². The highest BCUT2D eigenvalue weighted by Crippen LogP contribution is 2.32. The molecule has 2 aromatic rings. The van der Waals surface area contributed by atoms with Crippen LogP contribution < -0.4 is 4.90 Å². The predicted molar refractivity (Wildman–Crippen MR) is 79.1 cm³/mol. The zero-order valence-electron chi connectivity index (χ0n) is 11.1. The predicted octanol–water partition coefficient (Wildman–Crippen LogP) is 3.40. The fraction of sp³-hybridized carbons (Fsp3) is 0.333. The number of anilines is 1. The van der Waals surface area contributed by atoms with Crippen LogP contribution >= 0.6 is 11.3 Å². The minimum Gasteiger partial charge on any atom is -0.374 e. The molecule has 1 aromatic carbocycles. The van der Waals surface area contributed by atoms with E-state index in [1.54, 1.807) is 6.92 Å². The lowest BCUT2D eigenvalue weighted by Crippen LogP contribution is -2.24. The second-order valence-corrected chi connectivity index (χ2v) is 5.82. The summed E-state index contributed by atoms with van der Waals surface area (Å²) in [5.74, 6) is 0.0280. The number of aromatic nitrogens is 1. The molecule has 1 aliphatic heterocycles. The summed E-state index contributed by atoms with van der Waals surface area (Å²) >= 11 is 1.54. The Labute approximate surface area is 116 Å². The molecule has 0 N–H and O–H groups in total. The SMILES string of the molecule is CC(=O)c1csc(-c2ccc3c(c2)CCCN3C)n1. The molecule has 98 valence electrons. The molecular weight excluding hydrogens is 256 g/mol. The van der Waals surface area contributed by atoms with Crippen molar-refractivity contribution in [2.45, 2.75) is 19.8 Å². The van der Waals surface area contributed by atoms with Gasteiger partial charge in [0.15, 0.2) is 5.78 Å². The van der Waals surface area contributed by atoms with Gasteiger partial charge in [-0.05, 0) is 36.6 Å². The Hall–Kier alpha value is -1.68. The molecule has 0 atom stereocenters. The molecular formula is C15H16N2OS. The van der Waals surface area contributed by atoms with Crippen LogP contribution in [0.2, 0.25) is 0 Å². The summed E-state index contributed by atoms with van der Waals surface area (Å²) in [6.07, 6.45) is 2.32. The van der Waals surface area contributed by atoms with Gasteiger partial charge in [0.05, 0.1) is 0 Å². The number of aryl methyl sites for hydroxylation is 1. The Kier molecular flexibility index (Phi) is 3.11. The summed E-state index contributed by atoms with van der Waals surface area (Å²) in [6.45, 7) is 2.68. The molecule has 2 heterocycles. The van der Waals surface area contributed by atoms with Crippen molar-refractivity contribution in [1.82, 2.24) is 4.98 Å². The van der Waals surface area contributed by atoms with Crippen molar-refractivity contribution in [2.24, 2.45) is 0 Å². The molecule has 0 radical (unpaired) electrons. The fourth-order valence-electron chi connectivity index (χ4n) is 2.49. The van der Waals surface area contributed by atoms with E-state index in [1.165, 1.54) is 29.0 Å². The smallest absolute Gasteiger partial charge is 0.178 e. The molecule has 3 rings (SSSR count). The average molecular weight is 272 g/mol. The van der Waals surface area contributed by atoms with Crippen LogP contribution in [0.15, 0.2) is 23.6 Å². The van der Waals surface area contributed by atoms with Crippen molar-refractivity contribution in [3.05, 3.63) is 34.8 Å². The van der Waals surface area contributed by atoms with Crippen molar-refractivity contribution >= 4 is 22.8 Å². The third-order valence-electron chi connectivity index (χ3n) is 3.54. The van der Waals surface area contributed by atoms with Crippen molar-refractivity contribution in [1.29, 1.82) is 0 Å². The van der Waals surface area contributed by atoms with Crippen molar-refractivity contribution < 1.29 is 4.79 Å². The average Bonchev–Trinajstić information content (AvgIpc) is 2.88. The van der Waals surface area contributed by atoms with E-state index >= 15 is 0 Å². The number of hydrogen-bond donors (Lipinski definition) is 0. The second kappa shape index (κ2) is 4.78. The first-order valence-electron chi connectivity index (χ1n) is 6.46. The zero-order chi connectivity index (χ0) is 13.4. The maximum atomic E-state index is 11.3. The lowest BCUT2D eigenvalue weighted by Gasteiger charge is -2.27. The normalized spacial score (nSPS) is 14.3. The van der Waals surface area contributed by atoms with E-state index in [0.717, 1.165) is 23.5 Å². The first kappa shape index (κ1) is 12.4. The monoisotopic (exact) mass is 272 g/mol. The molecule has 0 amide bonds. The van der Waals surface area contributed by atoms with Gasteiger partial charge in [0.25, 0.3) is 0 Å². The molecule has 0 fully saturated rings. The molecule has 0 bridgehead atoms. The number of benzene rings is 1. The Morgan fingerprint density at radius 1 is 1.42 bits per heavy atom. The van der Waals surface area contributed by atoms with E-state index in [4.69, 9.17) is 0 Å². The lowest BCUT2D eigenvalue weighted by molar-refractivity contribution is 0.101. The summed E-state index contributed by atoms with van der Waals surface area (Å²) in [5.41, 5.74) is 4.38. The van der Waals surface area contributed by atoms with E-state index < -0.39 is 0 Å². The molecule has 1 aliphatic rings. The van der Waals surface area contributed by atoms with Gasteiger partial charge in [-0.3, -0.25) is 4.79 Å². The van der Waals surface area contributed by atoms with Crippen LogP contribution in [0.3, 0.4) is 0 Å². The number of hydrogen-bond acceptors (Lipinski definition) is 4. The van der Waals surface area contributed by atoms with Crippen LogP contribution in [-0.2, 0) is 6.42 Å². The zero-order valence-corrected chi connectivity index (χ0v) is 12.0. The van der Waals surface area contributed by atoms with Gasteiger partial charge in [0.2, 0.25) is 0 Å². The van der Waals surface area contributed by atoms with Gasteiger partial charge in [-0.15, -0.1) is 11.3 Å². The Balaban J connectivity index is 1.99. The van der Waals surface area contributed by atoms with Crippen molar-refractivity contribution in [3.8, 4) is 10.6 Å². The number of Topliss-reactive ketones (excluding diaryl/α,β-unsaturated/α-hetero) is 1. The summed E-state index contributed by atoms with van der Waals surface area (Å²) < 4.78 is 0. The largest absolute Gasteiger partial charge is 0.374 e. The minimum absolute atomic E-state index is 0.0280. The number of nitrogens with zero attached hydrogens (tertiary/aromatic N) is 2. The highest BCUT2D eigenvalue weighted by atomic mass is 32.1. The number of thiazole rings is 1. The fourth-order valence-corrected chi connectivity index (χ4v) is 3.34. The van der Waals surface area contributed by atoms with E-state index in [0.29, 0.717) is 5.69 Å². The first-order valence-corrected chi connectivity index (χ1v) is 7.34. The van der Waals surface area contributed by atoms with Crippen molar-refractivity contribution in [2.75, 3.05) is 18.5 Å². The van der Waals surface area contributed by atoms with E-state index in [1.807, 2.05) is 5.38 Å². The van der Waals surface area contributed by atoms with Crippen LogP contribution in [0.25, 0.3) is 10.6 Å². The van der Waals surface area contributed by atoms with Crippen LogP contribution in [0, 0.1) is 0 Å². The topological polar surface area (TPSA) is 33.2 Å². The molecule has 0 saturated carbocycles. The van der Waals surface area contributed by atoms with Gasteiger partial charge >= 0.3 is 0 Å². The van der Waals surface area contributed by atoms with Gasteiger partial charge in [0.1, 0.15) is 10.7 Å². The lowest BCUT2D eigenvalue weighted by atomic mass is 10.00. The maximum absolute atomic E-state index is 11.3. The molecule has 0 spiro atoms. The first-order chi connectivity index (χ1) is 9.15. The summed E-state index contributed by atoms with van der Waals surface area (Å²) in [5, 5.41) is 2.77. The van der Waals surface area contributed by atoms with Gasteiger partial charge in [-0.1, -0.05) is 0 Å². The molecule has 0 unspecified atom stereocenters. The summed E-state index contributed by atoms with van der Waals surface area (Å²) in [6, 6.07) is 6.48. The van der Waals surface area contributed by atoms with Gasteiger partial charge in [-0.25, -0.2) is 4.98 Å². The molecule has 4 heteroatoms. The third-order valence-corrected chi connectivity index (χ3v) is 4.43. The number of fused-ring (bicyclic) bond motifs is 1. The van der Waals surface area contributed by atoms with Crippen LogP contribution in [0.1, 0.15) is 29.4 Å². The Morgan fingerprint density at radius 3 is 3.00 bits per heavy atom. The summed E-state index contributed by atoms with van der Waals surface area (Å²) in [7, 11) is 2.13. The molecule has 0 saturated heterocycles. The number of ketones is 1. The summed E-state index contributed by atoms with van der Waals surface area (Å²) in [4.78, 5) is 18.0. The highest BCUT2D eigenvalue weighted by Gasteiger charge is 2.15. The van der Waals surface area contributed by atoms with Gasteiger partial charge < -0.3 is 4.90 Å². The molecule has 0 aliphatic carbocycles. The Bertz CT molecular complexity index is 633. The third kappa shape index (κ3) is 2.28. The number of rotatable bonds is 2. The Morgan fingerprint density at radius 2 is 2.26 bits per heavy atom. The van der Waals surface area contributed by atoms with E-state index in [-0.39, 0.29) is 5.78 Å². The van der Waals surface area contributed by atoms with Crippen LogP contribution in [-0.4, -0.2) is 24.4 Å².